The fourth-order valence-electron chi connectivity index (χ4n) is 3.79. The second-order valence-corrected chi connectivity index (χ2v) is 6.98. The van der Waals surface area contributed by atoms with Crippen molar-refractivity contribution in [2.75, 3.05) is 20.2 Å². The Labute approximate surface area is 153 Å². The molecule has 134 valence electrons. The van der Waals surface area contributed by atoms with E-state index in [0.29, 0.717) is 6.42 Å². The first kappa shape index (κ1) is 16.9. The highest BCUT2D eigenvalue weighted by molar-refractivity contribution is 5.86. The number of esters is 1. The monoisotopic (exact) mass is 348 g/mol. The van der Waals surface area contributed by atoms with Gasteiger partial charge in [-0.05, 0) is 35.2 Å². The minimum atomic E-state index is -0.196. The van der Waals surface area contributed by atoms with Crippen molar-refractivity contribution in [2.24, 2.45) is 0 Å². The molecule has 26 heavy (non-hydrogen) atoms. The number of carbonyl (C=O) groups is 1. The molecule has 0 spiro atoms. The van der Waals surface area contributed by atoms with Gasteiger partial charge < -0.3 is 9.72 Å². The number of nitrogens with zero attached hydrogens (tertiary/aromatic N) is 1. The molecule has 0 bridgehead atoms. The third kappa shape index (κ3) is 3.51. The lowest BCUT2D eigenvalue weighted by atomic mass is 10.0. The van der Waals surface area contributed by atoms with Gasteiger partial charge in [0.2, 0.25) is 0 Å². The molecule has 1 N–H and O–H groups in total. The number of fused-ring (bicyclic) bond motifs is 3. The number of nitrogens with one attached hydrogen (secondary N) is 1. The van der Waals surface area contributed by atoms with E-state index in [0.717, 1.165) is 43.6 Å². The zero-order valence-corrected chi connectivity index (χ0v) is 15.1. The van der Waals surface area contributed by atoms with Crippen LogP contribution in [0.3, 0.4) is 0 Å². The lowest BCUT2D eigenvalue weighted by Crippen LogP contribution is -2.32. The second-order valence-electron chi connectivity index (χ2n) is 6.98. The number of carbonyl (C=O) groups excluding carboxylic acids is 1. The molecular weight excluding hydrogens is 324 g/mol. The maximum absolute atomic E-state index is 11.6. The van der Waals surface area contributed by atoms with E-state index in [9.17, 15) is 4.79 Å². The van der Waals surface area contributed by atoms with Crippen molar-refractivity contribution in [2.45, 2.75) is 25.8 Å². The number of aromatic nitrogens is 1. The minimum Gasteiger partial charge on any atom is -0.469 e. The molecule has 0 saturated carbocycles. The van der Waals surface area contributed by atoms with Crippen LogP contribution in [0.1, 0.15) is 22.4 Å². The van der Waals surface area contributed by atoms with Crippen molar-refractivity contribution in [3.63, 3.8) is 0 Å². The molecule has 1 aliphatic rings. The molecule has 1 aromatic heterocycles. The number of aromatic amines is 1. The van der Waals surface area contributed by atoms with Crippen LogP contribution in [0.4, 0.5) is 0 Å². The Kier molecular flexibility index (Phi) is 4.76. The highest BCUT2D eigenvalue weighted by Gasteiger charge is 2.20. The van der Waals surface area contributed by atoms with Crippen molar-refractivity contribution in [3.8, 4) is 0 Å². The summed E-state index contributed by atoms with van der Waals surface area (Å²) in [5, 5.41) is 1.24. The summed E-state index contributed by atoms with van der Waals surface area (Å²) < 4.78 is 4.80. The van der Waals surface area contributed by atoms with E-state index < -0.39 is 0 Å². The molecule has 0 radical (unpaired) electrons. The summed E-state index contributed by atoms with van der Waals surface area (Å²) in [6.07, 6.45) is 2.45. The van der Waals surface area contributed by atoms with Crippen LogP contribution < -0.4 is 0 Å². The van der Waals surface area contributed by atoms with Crippen molar-refractivity contribution < 1.29 is 9.53 Å². The van der Waals surface area contributed by atoms with E-state index in [1.165, 1.54) is 29.3 Å². The number of H-pyrrole nitrogens is 1. The third-order valence-electron chi connectivity index (χ3n) is 5.25. The fraction of sp³-hybridized carbons (Fsp3) is 0.318. The normalized spacial score (nSPS) is 14.3. The Balaban J connectivity index is 1.52. The smallest absolute Gasteiger partial charge is 0.309 e. The highest BCUT2D eigenvalue weighted by atomic mass is 16.5. The van der Waals surface area contributed by atoms with E-state index in [2.05, 4.69) is 52.3 Å². The van der Waals surface area contributed by atoms with Gasteiger partial charge in [0, 0.05) is 42.7 Å². The first-order chi connectivity index (χ1) is 12.7. The molecule has 4 heteroatoms. The van der Waals surface area contributed by atoms with Gasteiger partial charge in [0.05, 0.1) is 13.5 Å². The molecule has 4 nitrogen and oxygen atoms in total. The summed E-state index contributed by atoms with van der Waals surface area (Å²) in [7, 11) is 1.43. The van der Waals surface area contributed by atoms with E-state index in [1.54, 1.807) is 0 Å². The number of benzene rings is 2. The summed E-state index contributed by atoms with van der Waals surface area (Å²) in [5.74, 6) is -0.196. The van der Waals surface area contributed by atoms with Crippen molar-refractivity contribution in [1.29, 1.82) is 0 Å². The minimum absolute atomic E-state index is 0.196. The summed E-state index contributed by atoms with van der Waals surface area (Å²) in [6, 6.07) is 16.9. The maximum atomic E-state index is 11.6. The third-order valence-corrected chi connectivity index (χ3v) is 5.25. The molecule has 0 saturated heterocycles. The fourth-order valence-corrected chi connectivity index (χ4v) is 3.79. The van der Waals surface area contributed by atoms with Gasteiger partial charge in [0.15, 0.2) is 0 Å². The van der Waals surface area contributed by atoms with Gasteiger partial charge in [0.1, 0.15) is 0 Å². The predicted octanol–water partition coefficient (Wildman–Crippen LogP) is 3.48. The standard InChI is InChI=1S/C22H24N2O2/c1-26-22(25)14-17-7-8-20-18(13-17)19-15-24(12-10-21(19)23-20)11-9-16-5-3-2-4-6-16/h2-8,13,23H,9-12,14-15H2,1H3. The predicted molar refractivity (Wildman–Crippen MR) is 103 cm³/mol. The number of hydrogen-bond acceptors (Lipinski definition) is 3. The van der Waals surface area contributed by atoms with E-state index >= 15 is 0 Å². The SMILES string of the molecule is COC(=O)Cc1ccc2[nH]c3c(c2c1)CN(CCc1ccccc1)CC3. The number of ether oxygens (including phenoxy) is 1. The first-order valence-electron chi connectivity index (χ1n) is 9.18. The summed E-state index contributed by atoms with van der Waals surface area (Å²) in [5.41, 5.74) is 6.27. The molecule has 1 aliphatic heterocycles. The summed E-state index contributed by atoms with van der Waals surface area (Å²) in [6.45, 7) is 3.11. The molecule has 4 rings (SSSR count). The Morgan fingerprint density at radius 1 is 1.15 bits per heavy atom. The van der Waals surface area contributed by atoms with E-state index in [4.69, 9.17) is 4.74 Å². The quantitative estimate of drug-likeness (QED) is 0.718. The van der Waals surface area contributed by atoms with Crippen LogP contribution in [0.5, 0.6) is 0 Å². The van der Waals surface area contributed by atoms with Gasteiger partial charge >= 0.3 is 5.97 Å². The zero-order chi connectivity index (χ0) is 17.9. The van der Waals surface area contributed by atoms with Crippen LogP contribution in [0.25, 0.3) is 10.9 Å². The maximum Gasteiger partial charge on any atom is 0.309 e. The Morgan fingerprint density at radius 2 is 2.00 bits per heavy atom. The second kappa shape index (κ2) is 7.34. The Hall–Kier alpha value is -2.59. The van der Waals surface area contributed by atoms with Crippen LogP contribution in [0, 0.1) is 0 Å². The van der Waals surface area contributed by atoms with Gasteiger partial charge in [0.25, 0.3) is 0 Å². The van der Waals surface area contributed by atoms with Gasteiger partial charge in [-0.3, -0.25) is 9.69 Å². The number of rotatable bonds is 5. The van der Waals surface area contributed by atoms with E-state index in [1.807, 2.05) is 6.07 Å². The largest absolute Gasteiger partial charge is 0.469 e. The number of hydrogen-bond donors (Lipinski definition) is 1. The first-order valence-corrected chi connectivity index (χ1v) is 9.18. The van der Waals surface area contributed by atoms with Gasteiger partial charge in [-0.2, -0.15) is 0 Å². The highest BCUT2D eigenvalue weighted by Crippen LogP contribution is 2.29. The average molecular weight is 348 g/mol. The molecular formula is C22H24N2O2. The summed E-state index contributed by atoms with van der Waals surface area (Å²) in [4.78, 5) is 17.7. The lowest BCUT2D eigenvalue weighted by molar-refractivity contribution is -0.139. The molecule has 0 fully saturated rings. The van der Waals surface area contributed by atoms with Crippen LogP contribution >= 0.6 is 0 Å². The molecule has 3 aromatic rings. The zero-order valence-electron chi connectivity index (χ0n) is 15.1. The topological polar surface area (TPSA) is 45.3 Å². The molecule has 2 aromatic carbocycles. The Morgan fingerprint density at radius 3 is 2.81 bits per heavy atom. The molecule has 0 amide bonds. The summed E-state index contributed by atoms with van der Waals surface area (Å²) >= 11 is 0. The van der Waals surface area contributed by atoms with Crippen LogP contribution in [0.2, 0.25) is 0 Å². The average Bonchev–Trinajstić information content (AvgIpc) is 3.04. The van der Waals surface area contributed by atoms with Crippen LogP contribution in [0.15, 0.2) is 48.5 Å². The molecule has 2 heterocycles. The molecule has 0 unspecified atom stereocenters. The van der Waals surface area contributed by atoms with E-state index in [-0.39, 0.29) is 5.97 Å². The van der Waals surface area contributed by atoms with Gasteiger partial charge in [-0.1, -0.05) is 36.4 Å². The van der Waals surface area contributed by atoms with Crippen LogP contribution in [-0.2, 0) is 35.3 Å². The molecule has 0 atom stereocenters. The lowest BCUT2D eigenvalue weighted by Gasteiger charge is -2.27. The Bertz CT molecular complexity index is 915. The molecule has 0 aliphatic carbocycles. The van der Waals surface area contributed by atoms with Gasteiger partial charge in [-0.15, -0.1) is 0 Å². The van der Waals surface area contributed by atoms with Crippen molar-refractivity contribution in [3.05, 3.63) is 70.9 Å². The van der Waals surface area contributed by atoms with Crippen LogP contribution in [-0.4, -0.2) is 36.1 Å². The number of methoxy groups -OCH3 is 1. The van der Waals surface area contributed by atoms with Crippen molar-refractivity contribution in [1.82, 2.24) is 9.88 Å². The van der Waals surface area contributed by atoms with Gasteiger partial charge in [-0.25, -0.2) is 0 Å². The van der Waals surface area contributed by atoms with Crippen molar-refractivity contribution >= 4 is 16.9 Å².